The van der Waals surface area contributed by atoms with Gasteiger partial charge in [0.25, 0.3) is 0 Å². The summed E-state index contributed by atoms with van der Waals surface area (Å²) >= 11 is 11.5. The van der Waals surface area contributed by atoms with Gasteiger partial charge in [-0.05, 0) is 19.1 Å². The van der Waals surface area contributed by atoms with Crippen LogP contribution in [0.4, 0.5) is 8.78 Å². The lowest BCUT2D eigenvalue weighted by molar-refractivity contribution is -0.174. The second kappa shape index (κ2) is 5.82. The van der Waals surface area contributed by atoms with Gasteiger partial charge in [-0.2, -0.15) is 8.78 Å². The smallest absolute Gasteiger partial charge is 0.379 e. The molecule has 1 atom stereocenters. The van der Waals surface area contributed by atoms with Gasteiger partial charge in [-0.3, -0.25) is 0 Å². The van der Waals surface area contributed by atoms with Crippen LogP contribution in [-0.2, 0) is 9.53 Å². The average molecular weight is 298 g/mol. The molecule has 2 N–H and O–H groups in total. The Morgan fingerprint density at radius 2 is 1.94 bits per heavy atom. The van der Waals surface area contributed by atoms with Crippen molar-refractivity contribution in [3.05, 3.63) is 33.8 Å². The third kappa shape index (κ3) is 2.91. The van der Waals surface area contributed by atoms with Crippen LogP contribution in [0.2, 0.25) is 10.0 Å². The fourth-order valence-electron chi connectivity index (χ4n) is 1.34. The Hall–Kier alpha value is -0.910. The number of esters is 1. The van der Waals surface area contributed by atoms with E-state index in [1.807, 2.05) is 0 Å². The van der Waals surface area contributed by atoms with Crippen LogP contribution in [0.15, 0.2) is 18.2 Å². The zero-order valence-corrected chi connectivity index (χ0v) is 10.9. The Morgan fingerprint density at radius 3 is 2.39 bits per heavy atom. The normalized spacial score (nSPS) is 13.2. The van der Waals surface area contributed by atoms with Crippen LogP contribution in [0.3, 0.4) is 0 Å². The molecule has 0 aliphatic carbocycles. The second-order valence-corrected chi connectivity index (χ2v) is 4.27. The number of ether oxygens (including phenoxy) is 1. The minimum atomic E-state index is -3.90. The Balaban J connectivity index is 3.13. The predicted octanol–water partition coefficient (Wildman–Crippen LogP) is 3.19. The molecule has 100 valence electrons. The summed E-state index contributed by atoms with van der Waals surface area (Å²) in [5, 5.41) is -0.0575. The number of rotatable bonds is 4. The van der Waals surface area contributed by atoms with Crippen molar-refractivity contribution in [1.29, 1.82) is 0 Å². The third-order valence-electron chi connectivity index (χ3n) is 2.25. The van der Waals surface area contributed by atoms with Gasteiger partial charge in [0.1, 0.15) is 6.04 Å². The summed E-state index contributed by atoms with van der Waals surface area (Å²) < 4.78 is 31.7. The first-order valence-electron chi connectivity index (χ1n) is 5.06. The van der Waals surface area contributed by atoms with E-state index in [0.717, 1.165) is 0 Å². The van der Waals surface area contributed by atoms with Gasteiger partial charge in [-0.15, -0.1) is 0 Å². The first kappa shape index (κ1) is 15.1. The molecule has 0 heterocycles. The summed E-state index contributed by atoms with van der Waals surface area (Å²) in [5.41, 5.74) is 5.20. The van der Waals surface area contributed by atoms with Crippen LogP contribution in [-0.4, -0.2) is 18.5 Å². The number of benzene rings is 1. The van der Waals surface area contributed by atoms with Gasteiger partial charge in [0.05, 0.1) is 6.61 Å². The molecule has 3 nitrogen and oxygen atoms in total. The van der Waals surface area contributed by atoms with Crippen molar-refractivity contribution in [3.63, 3.8) is 0 Å². The Kier molecular flexibility index (Phi) is 4.90. The van der Waals surface area contributed by atoms with E-state index in [9.17, 15) is 13.6 Å². The van der Waals surface area contributed by atoms with E-state index in [4.69, 9.17) is 28.9 Å². The van der Waals surface area contributed by atoms with Gasteiger partial charge in [-0.25, -0.2) is 4.79 Å². The molecule has 1 rings (SSSR count). The Labute approximate surface area is 113 Å². The van der Waals surface area contributed by atoms with Crippen LogP contribution in [0, 0.1) is 0 Å². The van der Waals surface area contributed by atoms with E-state index in [1.165, 1.54) is 25.1 Å². The number of hydrogen-bond donors (Lipinski definition) is 1. The highest BCUT2D eigenvalue weighted by atomic mass is 35.5. The van der Waals surface area contributed by atoms with Crippen molar-refractivity contribution in [2.24, 2.45) is 5.73 Å². The van der Waals surface area contributed by atoms with Gasteiger partial charge >= 0.3 is 11.9 Å². The van der Waals surface area contributed by atoms with Crippen molar-refractivity contribution in [2.75, 3.05) is 6.61 Å². The fraction of sp³-hybridized carbons (Fsp3) is 0.364. The number of halogens is 4. The summed E-state index contributed by atoms with van der Waals surface area (Å²) in [6.07, 6.45) is 0. The molecule has 0 radical (unpaired) electrons. The molecule has 0 amide bonds. The van der Waals surface area contributed by atoms with E-state index >= 15 is 0 Å². The summed E-state index contributed by atoms with van der Waals surface area (Å²) in [6.45, 7) is 1.25. The zero-order chi connectivity index (χ0) is 13.9. The number of hydrogen-bond acceptors (Lipinski definition) is 3. The first-order chi connectivity index (χ1) is 8.32. The molecule has 0 spiro atoms. The van der Waals surface area contributed by atoms with Gasteiger partial charge in [0, 0.05) is 15.6 Å². The molecule has 0 saturated carbocycles. The van der Waals surface area contributed by atoms with Crippen molar-refractivity contribution >= 4 is 29.2 Å². The highest BCUT2D eigenvalue weighted by molar-refractivity contribution is 6.36. The molecule has 0 saturated heterocycles. The molecule has 0 aliphatic heterocycles. The predicted molar refractivity (Wildman–Crippen MR) is 65.0 cm³/mol. The monoisotopic (exact) mass is 297 g/mol. The molecule has 0 unspecified atom stereocenters. The van der Waals surface area contributed by atoms with Gasteiger partial charge < -0.3 is 10.5 Å². The van der Waals surface area contributed by atoms with Crippen LogP contribution in [0.1, 0.15) is 18.5 Å². The SMILES string of the molecule is CCOC(=O)C(F)(F)[C@H](N)c1c(Cl)cccc1Cl. The van der Waals surface area contributed by atoms with E-state index in [0.29, 0.717) is 0 Å². The molecule has 1 aromatic carbocycles. The summed E-state index contributed by atoms with van der Waals surface area (Å²) in [7, 11) is 0. The maximum atomic E-state index is 13.7. The fourth-order valence-corrected chi connectivity index (χ4v) is 1.98. The first-order valence-corrected chi connectivity index (χ1v) is 5.82. The summed E-state index contributed by atoms with van der Waals surface area (Å²) in [5.74, 6) is -5.60. The molecular weight excluding hydrogens is 287 g/mol. The highest BCUT2D eigenvalue weighted by Crippen LogP contribution is 2.38. The van der Waals surface area contributed by atoms with Gasteiger partial charge in [0.15, 0.2) is 0 Å². The van der Waals surface area contributed by atoms with Crippen molar-refractivity contribution in [3.8, 4) is 0 Å². The van der Waals surface area contributed by atoms with E-state index < -0.39 is 17.9 Å². The van der Waals surface area contributed by atoms with Crippen LogP contribution in [0.5, 0.6) is 0 Å². The number of carbonyl (C=O) groups excluding carboxylic acids is 1. The lowest BCUT2D eigenvalue weighted by Crippen LogP contribution is -2.42. The highest BCUT2D eigenvalue weighted by Gasteiger charge is 2.49. The minimum absolute atomic E-state index is 0.0287. The van der Waals surface area contributed by atoms with Crippen molar-refractivity contribution in [1.82, 2.24) is 0 Å². The summed E-state index contributed by atoms with van der Waals surface area (Å²) in [4.78, 5) is 11.2. The third-order valence-corrected chi connectivity index (χ3v) is 2.91. The largest absolute Gasteiger partial charge is 0.462 e. The second-order valence-electron chi connectivity index (χ2n) is 3.46. The van der Waals surface area contributed by atoms with E-state index in [-0.39, 0.29) is 22.2 Å². The van der Waals surface area contributed by atoms with Crippen molar-refractivity contribution in [2.45, 2.75) is 18.9 Å². The topological polar surface area (TPSA) is 52.3 Å². The van der Waals surface area contributed by atoms with Crippen LogP contribution >= 0.6 is 23.2 Å². The average Bonchev–Trinajstić information content (AvgIpc) is 2.28. The number of alkyl halides is 2. The van der Waals surface area contributed by atoms with E-state index in [1.54, 1.807) is 0 Å². The zero-order valence-electron chi connectivity index (χ0n) is 9.42. The van der Waals surface area contributed by atoms with Crippen LogP contribution < -0.4 is 5.73 Å². The minimum Gasteiger partial charge on any atom is -0.462 e. The molecule has 0 fully saturated rings. The maximum Gasteiger partial charge on any atom is 0.379 e. The molecule has 0 bridgehead atoms. The maximum absolute atomic E-state index is 13.7. The van der Waals surface area contributed by atoms with Gasteiger partial charge in [0.2, 0.25) is 0 Å². The molecule has 1 aromatic rings. The molecule has 18 heavy (non-hydrogen) atoms. The molecule has 0 aromatic heterocycles. The van der Waals surface area contributed by atoms with Gasteiger partial charge in [-0.1, -0.05) is 29.3 Å². The standard InChI is InChI=1S/C11H11Cl2F2NO2/c1-2-18-10(17)11(14,15)9(16)8-6(12)4-3-5-7(8)13/h3-5,9H,2,16H2,1H3/t9-/m1/s1. The molecule has 0 aliphatic rings. The number of carbonyl (C=O) groups is 1. The molecular formula is C11H11Cl2F2NO2. The lowest BCUT2D eigenvalue weighted by atomic mass is 10.0. The van der Waals surface area contributed by atoms with Crippen molar-refractivity contribution < 1.29 is 18.3 Å². The number of nitrogens with two attached hydrogens (primary N) is 1. The summed E-state index contributed by atoms with van der Waals surface area (Å²) in [6, 6.07) is 2.26. The Morgan fingerprint density at radius 1 is 1.44 bits per heavy atom. The lowest BCUT2D eigenvalue weighted by Gasteiger charge is -2.23. The Bertz CT molecular complexity index is 434. The van der Waals surface area contributed by atoms with E-state index in [2.05, 4.69) is 4.74 Å². The quantitative estimate of drug-likeness (QED) is 0.868. The molecule has 7 heteroatoms. The van der Waals surface area contributed by atoms with Crippen LogP contribution in [0.25, 0.3) is 0 Å².